The van der Waals surface area contributed by atoms with Gasteiger partial charge in [0, 0.05) is 33.3 Å². The van der Waals surface area contributed by atoms with E-state index in [2.05, 4.69) is 0 Å². The first kappa shape index (κ1) is 16.3. The van der Waals surface area contributed by atoms with Crippen molar-refractivity contribution in [1.82, 2.24) is 4.90 Å². The minimum absolute atomic E-state index is 0.169. The predicted octanol–water partition coefficient (Wildman–Crippen LogP) is 0.956. The SMILES string of the molecule is CN(C)C(=O)CN(C)c1cc(F)c(C(=O)O)cc1[N+](=O)[O-]. The van der Waals surface area contributed by atoms with E-state index in [1.165, 1.54) is 30.9 Å². The Labute approximate surface area is 119 Å². The van der Waals surface area contributed by atoms with Gasteiger partial charge in [0.1, 0.15) is 17.1 Å². The van der Waals surface area contributed by atoms with Gasteiger partial charge in [0.15, 0.2) is 0 Å². The van der Waals surface area contributed by atoms with Crippen molar-refractivity contribution in [1.29, 1.82) is 0 Å². The number of nitro groups is 1. The van der Waals surface area contributed by atoms with Crippen LogP contribution < -0.4 is 4.90 Å². The summed E-state index contributed by atoms with van der Waals surface area (Å²) in [7, 11) is 4.40. The van der Waals surface area contributed by atoms with E-state index in [-0.39, 0.29) is 18.1 Å². The van der Waals surface area contributed by atoms with E-state index in [9.17, 15) is 24.1 Å². The monoisotopic (exact) mass is 299 g/mol. The summed E-state index contributed by atoms with van der Waals surface area (Å²) in [5.74, 6) is -3.05. The number of amides is 1. The Morgan fingerprint density at radius 3 is 2.33 bits per heavy atom. The fraction of sp³-hybridized carbons (Fsp3) is 0.333. The molecule has 114 valence electrons. The summed E-state index contributed by atoms with van der Waals surface area (Å²) in [6.07, 6.45) is 0. The van der Waals surface area contributed by atoms with Crippen LogP contribution >= 0.6 is 0 Å². The van der Waals surface area contributed by atoms with E-state index >= 15 is 0 Å². The number of carbonyl (C=O) groups excluding carboxylic acids is 1. The van der Waals surface area contributed by atoms with E-state index in [4.69, 9.17) is 5.11 Å². The first-order chi connectivity index (χ1) is 9.65. The lowest BCUT2D eigenvalue weighted by molar-refractivity contribution is -0.384. The zero-order valence-electron chi connectivity index (χ0n) is 11.7. The van der Waals surface area contributed by atoms with Gasteiger partial charge in [0.05, 0.1) is 11.5 Å². The number of anilines is 1. The van der Waals surface area contributed by atoms with Gasteiger partial charge in [0.25, 0.3) is 5.69 Å². The molecule has 0 heterocycles. The van der Waals surface area contributed by atoms with Gasteiger partial charge in [-0.2, -0.15) is 0 Å². The summed E-state index contributed by atoms with van der Waals surface area (Å²) in [4.78, 5) is 35.1. The summed E-state index contributed by atoms with van der Waals surface area (Å²) in [5, 5.41) is 19.8. The van der Waals surface area contributed by atoms with Gasteiger partial charge in [0.2, 0.25) is 5.91 Å². The van der Waals surface area contributed by atoms with Gasteiger partial charge in [-0.25, -0.2) is 9.18 Å². The van der Waals surface area contributed by atoms with Crippen molar-refractivity contribution < 1.29 is 24.0 Å². The molecule has 21 heavy (non-hydrogen) atoms. The minimum Gasteiger partial charge on any atom is -0.478 e. The predicted molar refractivity (Wildman–Crippen MR) is 72.0 cm³/mol. The third kappa shape index (κ3) is 3.65. The maximum Gasteiger partial charge on any atom is 0.338 e. The quantitative estimate of drug-likeness (QED) is 0.641. The highest BCUT2D eigenvalue weighted by Crippen LogP contribution is 2.30. The first-order valence-corrected chi connectivity index (χ1v) is 5.77. The van der Waals surface area contributed by atoms with Crippen LogP contribution in [0.25, 0.3) is 0 Å². The number of aromatic carboxylic acids is 1. The molecule has 1 aromatic carbocycles. The van der Waals surface area contributed by atoms with Crippen molar-refractivity contribution in [2.45, 2.75) is 0 Å². The standard InChI is InChI=1S/C12H14FN3O5/c1-14(2)11(17)6-15(3)9-5-8(13)7(12(18)19)4-10(9)16(20)21/h4-5H,6H2,1-3H3,(H,18,19). The van der Waals surface area contributed by atoms with Crippen LogP contribution in [0.2, 0.25) is 0 Å². The van der Waals surface area contributed by atoms with Crippen LogP contribution in [0.3, 0.4) is 0 Å². The van der Waals surface area contributed by atoms with Crippen molar-refractivity contribution in [3.8, 4) is 0 Å². The largest absolute Gasteiger partial charge is 0.478 e. The van der Waals surface area contributed by atoms with Gasteiger partial charge < -0.3 is 14.9 Å². The summed E-state index contributed by atoms with van der Waals surface area (Å²) in [6.45, 7) is -0.209. The highest BCUT2D eigenvalue weighted by molar-refractivity contribution is 5.90. The Balaban J connectivity index is 3.28. The smallest absolute Gasteiger partial charge is 0.338 e. The Hall–Kier alpha value is -2.71. The molecule has 0 saturated carbocycles. The number of benzene rings is 1. The molecule has 1 aromatic rings. The highest BCUT2D eigenvalue weighted by atomic mass is 19.1. The number of rotatable bonds is 5. The number of carboxylic acids is 1. The van der Waals surface area contributed by atoms with Crippen molar-refractivity contribution >= 4 is 23.3 Å². The van der Waals surface area contributed by atoms with Crippen molar-refractivity contribution in [2.75, 3.05) is 32.6 Å². The third-order valence-corrected chi connectivity index (χ3v) is 2.77. The van der Waals surface area contributed by atoms with E-state index < -0.39 is 28.0 Å². The zero-order valence-corrected chi connectivity index (χ0v) is 11.7. The fourth-order valence-corrected chi connectivity index (χ4v) is 1.60. The molecule has 0 radical (unpaired) electrons. The van der Waals surface area contributed by atoms with E-state index in [1.54, 1.807) is 0 Å². The van der Waals surface area contributed by atoms with Crippen LogP contribution in [0.1, 0.15) is 10.4 Å². The molecule has 0 aliphatic carbocycles. The molecule has 0 aromatic heterocycles. The van der Waals surface area contributed by atoms with Crippen molar-refractivity contribution in [2.24, 2.45) is 0 Å². The summed E-state index contributed by atoms with van der Waals surface area (Å²) in [6, 6.07) is 1.38. The Morgan fingerprint density at radius 2 is 1.90 bits per heavy atom. The molecule has 0 fully saturated rings. The van der Waals surface area contributed by atoms with Crippen LogP contribution in [0.5, 0.6) is 0 Å². The van der Waals surface area contributed by atoms with Gasteiger partial charge in [-0.3, -0.25) is 14.9 Å². The molecule has 8 nitrogen and oxygen atoms in total. The minimum atomic E-state index is -1.60. The maximum absolute atomic E-state index is 13.7. The van der Waals surface area contributed by atoms with Gasteiger partial charge >= 0.3 is 5.97 Å². The number of carbonyl (C=O) groups is 2. The molecule has 0 aliphatic heterocycles. The molecule has 0 unspecified atom stereocenters. The molecule has 0 atom stereocenters. The second-order valence-electron chi connectivity index (χ2n) is 4.53. The molecular formula is C12H14FN3O5. The van der Waals surface area contributed by atoms with Gasteiger partial charge in [-0.05, 0) is 0 Å². The van der Waals surface area contributed by atoms with Gasteiger partial charge in [-0.15, -0.1) is 0 Å². The highest BCUT2D eigenvalue weighted by Gasteiger charge is 2.25. The lowest BCUT2D eigenvalue weighted by Crippen LogP contribution is -2.34. The van der Waals surface area contributed by atoms with Crippen LogP contribution in [0.15, 0.2) is 12.1 Å². The maximum atomic E-state index is 13.7. The summed E-state index contributed by atoms with van der Waals surface area (Å²) in [5.41, 5.74) is -1.54. The summed E-state index contributed by atoms with van der Waals surface area (Å²) < 4.78 is 13.7. The van der Waals surface area contributed by atoms with Crippen molar-refractivity contribution in [3.05, 3.63) is 33.6 Å². The van der Waals surface area contributed by atoms with Crippen molar-refractivity contribution in [3.63, 3.8) is 0 Å². The average molecular weight is 299 g/mol. The molecule has 0 bridgehead atoms. The lowest BCUT2D eigenvalue weighted by Gasteiger charge is -2.21. The van der Waals surface area contributed by atoms with E-state index in [0.29, 0.717) is 6.07 Å². The van der Waals surface area contributed by atoms with Gasteiger partial charge in [-0.1, -0.05) is 0 Å². The lowest BCUT2D eigenvalue weighted by atomic mass is 10.1. The molecule has 1 N–H and O–H groups in total. The topological polar surface area (TPSA) is 104 Å². The molecule has 0 aliphatic rings. The normalized spacial score (nSPS) is 10.1. The molecule has 1 amide bonds. The zero-order chi connectivity index (χ0) is 16.3. The van der Waals surface area contributed by atoms with Crippen LogP contribution in [0.4, 0.5) is 15.8 Å². The third-order valence-electron chi connectivity index (χ3n) is 2.77. The number of likely N-dealkylation sites (N-methyl/N-ethyl adjacent to an activating group) is 2. The molecule has 0 saturated heterocycles. The average Bonchev–Trinajstić information content (AvgIpc) is 2.37. The first-order valence-electron chi connectivity index (χ1n) is 5.77. The van der Waals surface area contributed by atoms with E-state index in [0.717, 1.165) is 6.07 Å². The summed E-state index contributed by atoms with van der Waals surface area (Å²) >= 11 is 0. The molecule has 1 rings (SSSR count). The fourth-order valence-electron chi connectivity index (χ4n) is 1.60. The van der Waals surface area contributed by atoms with Crippen LogP contribution in [-0.4, -0.2) is 54.5 Å². The number of nitrogens with zero attached hydrogens (tertiary/aromatic N) is 3. The molecular weight excluding hydrogens is 285 g/mol. The molecule has 9 heteroatoms. The Bertz CT molecular complexity index is 603. The second-order valence-corrected chi connectivity index (χ2v) is 4.53. The number of halogens is 1. The Kier molecular flexibility index (Phi) is 4.79. The van der Waals surface area contributed by atoms with Crippen LogP contribution in [0, 0.1) is 15.9 Å². The number of nitro benzene ring substituents is 1. The number of hydrogen-bond acceptors (Lipinski definition) is 5. The number of carboxylic acid groups (broad SMARTS) is 1. The Morgan fingerprint density at radius 1 is 1.33 bits per heavy atom. The molecule has 0 spiro atoms. The number of hydrogen-bond donors (Lipinski definition) is 1. The second kappa shape index (κ2) is 6.16. The van der Waals surface area contributed by atoms with Crippen LogP contribution in [-0.2, 0) is 4.79 Å². The van der Waals surface area contributed by atoms with E-state index in [1.807, 2.05) is 0 Å².